The van der Waals surface area contributed by atoms with Crippen LogP contribution in [0.4, 0.5) is 4.79 Å². The van der Waals surface area contributed by atoms with E-state index in [-0.39, 0.29) is 12.1 Å². The molecule has 0 aromatic rings. The van der Waals surface area contributed by atoms with Crippen molar-refractivity contribution in [2.24, 2.45) is 0 Å². The van der Waals surface area contributed by atoms with Crippen molar-refractivity contribution in [2.45, 2.75) is 25.0 Å². The molecular weight excluding hydrogens is 174 g/mol. The molecular formula is C8H11NO4. The number of hydrogen-bond donors (Lipinski definition) is 0. The molecule has 0 spiro atoms. The number of nitrogens with zero attached hydrogens (tertiary/aromatic N) is 1. The summed E-state index contributed by atoms with van der Waals surface area (Å²) in [6, 6.07) is -0.434. The molecule has 2 fully saturated rings. The summed E-state index contributed by atoms with van der Waals surface area (Å²) in [5, 5.41) is 0. The molecule has 0 aliphatic carbocycles. The number of carbonyl (C=O) groups excluding carboxylic acids is 2. The number of carbonyl (C=O) groups is 2. The van der Waals surface area contributed by atoms with E-state index in [4.69, 9.17) is 4.74 Å². The van der Waals surface area contributed by atoms with Gasteiger partial charge < -0.3 is 9.47 Å². The van der Waals surface area contributed by atoms with Gasteiger partial charge >= 0.3 is 12.1 Å². The Labute approximate surface area is 75.6 Å². The lowest BCUT2D eigenvalue weighted by atomic mass is 10.0. The predicted octanol–water partition coefficient (Wildman–Crippen LogP) is 0.143. The zero-order valence-electron chi connectivity index (χ0n) is 7.36. The molecule has 72 valence electrons. The van der Waals surface area contributed by atoms with Crippen LogP contribution in [0.3, 0.4) is 0 Å². The lowest BCUT2D eigenvalue weighted by molar-refractivity contribution is -0.146. The standard InChI is InChI=1S/C8H11NO4/c1-12-7(10)6-3-2-5-4-9(6)8(11)13-5/h5-6H,2-4H2,1H3. The fourth-order valence-corrected chi connectivity index (χ4v) is 1.83. The van der Waals surface area contributed by atoms with E-state index in [1.54, 1.807) is 0 Å². The normalized spacial score (nSPS) is 31.5. The summed E-state index contributed by atoms with van der Waals surface area (Å²) in [6.45, 7) is 0.526. The maximum Gasteiger partial charge on any atom is 0.410 e. The monoisotopic (exact) mass is 185 g/mol. The molecule has 2 aliphatic heterocycles. The van der Waals surface area contributed by atoms with Crippen molar-refractivity contribution < 1.29 is 19.1 Å². The Bertz CT molecular complexity index is 253. The predicted molar refractivity (Wildman–Crippen MR) is 42.0 cm³/mol. The highest BCUT2D eigenvalue weighted by Crippen LogP contribution is 2.27. The van der Waals surface area contributed by atoms with Crippen LogP contribution in [0.1, 0.15) is 12.8 Å². The van der Waals surface area contributed by atoms with E-state index in [1.807, 2.05) is 0 Å². The van der Waals surface area contributed by atoms with Crippen LogP contribution >= 0.6 is 0 Å². The first-order chi connectivity index (χ1) is 6.22. The Hall–Kier alpha value is -1.26. The number of amides is 1. The SMILES string of the molecule is COC(=O)C1CCC2CN1C(=O)O2. The van der Waals surface area contributed by atoms with E-state index >= 15 is 0 Å². The maximum atomic E-state index is 11.2. The van der Waals surface area contributed by atoms with Crippen LogP contribution in [0, 0.1) is 0 Å². The molecule has 2 aliphatic rings. The van der Waals surface area contributed by atoms with Gasteiger partial charge in [-0.1, -0.05) is 0 Å². The maximum absolute atomic E-state index is 11.2. The van der Waals surface area contributed by atoms with Crippen LogP contribution in [0.2, 0.25) is 0 Å². The fraction of sp³-hybridized carbons (Fsp3) is 0.750. The van der Waals surface area contributed by atoms with Gasteiger partial charge in [0.1, 0.15) is 12.1 Å². The zero-order valence-corrected chi connectivity index (χ0v) is 7.36. The fourth-order valence-electron chi connectivity index (χ4n) is 1.83. The van der Waals surface area contributed by atoms with E-state index < -0.39 is 12.1 Å². The van der Waals surface area contributed by atoms with Crippen molar-refractivity contribution in [3.05, 3.63) is 0 Å². The first-order valence-corrected chi connectivity index (χ1v) is 4.27. The molecule has 0 radical (unpaired) electrons. The van der Waals surface area contributed by atoms with E-state index in [1.165, 1.54) is 12.0 Å². The molecule has 2 bridgehead atoms. The second-order valence-electron chi connectivity index (χ2n) is 3.27. The number of methoxy groups -OCH3 is 1. The quantitative estimate of drug-likeness (QED) is 0.545. The van der Waals surface area contributed by atoms with E-state index in [2.05, 4.69) is 4.74 Å². The Morgan fingerprint density at radius 2 is 2.38 bits per heavy atom. The molecule has 1 amide bonds. The Morgan fingerprint density at radius 3 is 3.08 bits per heavy atom. The van der Waals surface area contributed by atoms with Gasteiger partial charge in [-0.15, -0.1) is 0 Å². The number of hydrogen-bond acceptors (Lipinski definition) is 4. The Kier molecular flexibility index (Phi) is 1.86. The summed E-state index contributed by atoms with van der Waals surface area (Å²) in [5.41, 5.74) is 0. The number of rotatable bonds is 1. The third-order valence-corrected chi connectivity index (χ3v) is 2.51. The van der Waals surface area contributed by atoms with Gasteiger partial charge in [0.05, 0.1) is 13.7 Å². The second kappa shape index (κ2) is 2.90. The van der Waals surface area contributed by atoms with Crippen molar-refractivity contribution in [1.29, 1.82) is 0 Å². The van der Waals surface area contributed by atoms with Crippen LogP contribution in [-0.4, -0.2) is 42.8 Å². The van der Waals surface area contributed by atoms with Crippen LogP contribution in [-0.2, 0) is 14.3 Å². The van der Waals surface area contributed by atoms with Crippen molar-refractivity contribution >= 4 is 12.1 Å². The minimum atomic E-state index is -0.434. The molecule has 0 aromatic carbocycles. The van der Waals surface area contributed by atoms with Gasteiger partial charge in [-0.05, 0) is 12.8 Å². The third-order valence-electron chi connectivity index (χ3n) is 2.51. The minimum absolute atomic E-state index is 0.0200. The van der Waals surface area contributed by atoms with Crippen LogP contribution < -0.4 is 0 Å². The summed E-state index contributed by atoms with van der Waals surface area (Å²) < 4.78 is 9.59. The lowest BCUT2D eigenvalue weighted by Gasteiger charge is -2.26. The molecule has 2 heterocycles. The van der Waals surface area contributed by atoms with Crippen molar-refractivity contribution in [3.63, 3.8) is 0 Å². The van der Waals surface area contributed by atoms with Crippen molar-refractivity contribution in [3.8, 4) is 0 Å². The van der Waals surface area contributed by atoms with Gasteiger partial charge in [-0.3, -0.25) is 4.90 Å². The summed E-state index contributed by atoms with van der Waals surface area (Å²) >= 11 is 0. The summed E-state index contributed by atoms with van der Waals surface area (Å²) in [4.78, 5) is 23.9. The summed E-state index contributed by atoms with van der Waals surface area (Å²) in [7, 11) is 1.33. The Morgan fingerprint density at radius 1 is 1.62 bits per heavy atom. The van der Waals surface area contributed by atoms with Gasteiger partial charge in [0.15, 0.2) is 0 Å². The highest BCUT2D eigenvalue weighted by molar-refractivity contribution is 5.82. The molecule has 0 N–H and O–H groups in total. The molecule has 13 heavy (non-hydrogen) atoms. The lowest BCUT2D eigenvalue weighted by Crippen LogP contribution is -2.45. The molecule has 2 unspecified atom stereocenters. The van der Waals surface area contributed by atoms with Crippen LogP contribution in [0.25, 0.3) is 0 Å². The number of ether oxygens (including phenoxy) is 2. The van der Waals surface area contributed by atoms with Gasteiger partial charge in [0, 0.05) is 0 Å². The minimum Gasteiger partial charge on any atom is -0.467 e. The molecule has 0 aromatic heterocycles. The average Bonchev–Trinajstić information content (AvgIpc) is 2.42. The number of esters is 1. The average molecular weight is 185 g/mol. The smallest absolute Gasteiger partial charge is 0.410 e. The van der Waals surface area contributed by atoms with E-state index in [0.29, 0.717) is 13.0 Å². The highest BCUT2D eigenvalue weighted by atomic mass is 16.6. The molecule has 5 nitrogen and oxygen atoms in total. The largest absolute Gasteiger partial charge is 0.467 e. The van der Waals surface area contributed by atoms with Gasteiger partial charge in [0.25, 0.3) is 0 Å². The zero-order chi connectivity index (χ0) is 9.42. The Balaban J connectivity index is 2.13. The topological polar surface area (TPSA) is 55.8 Å². The van der Waals surface area contributed by atoms with Crippen molar-refractivity contribution in [2.75, 3.05) is 13.7 Å². The summed E-state index contributed by atoms with van der Waals surface area (Å²) in [5.74, 6) is -0.350. The first kappa shape index (κ1) is 8.34. The summed E-state index contributed by atoms with van der Waals surface area (Å²) in [6.07, 6.45) is 0.983. The van der Waals surface area contributed by atoms with Gasteiger partial charge in [0.2, 0.25) is 0 Å². The first-order valence-electron chi connectivity index (χ1n) is 4.27. The molecule has 0 saturated carbocycles. The van der Waals surface area contributed by atoms with E-state index in [0.717, 1.165) is 6.42 Å². The van der Waals surface area contributed by atoms with Gasteiger partial charge in [-0.2, -0.15) is 0 Å². The number of fused-ring (bicyclic) bond motifs is 2. The molecule has 2 rings (SSSR count). The number of piperidine rings is 1. The molecule has 2 atom stereocenters. The highest BCUT2D eigenvalue weighted by Gasteiger charge is 2.44. The molecule has 2 saturated heterocycles. The van der Waals surface area contributed by atoms with Crippen molar-refractivity contribution in [1.82, 2.24) is 4.90 Å². The van der Waals surface area contributed by atoms with Gasteiger partial charge in [-0.25, -0.2) is 9.59 Å². The molecule has 5 heteroatoms. The third kappa shape index (κ3) is 1.24. The van der Waals surface area contributed by atoms with Crippen LogP contribution in [0.5, 0.6) is 0 Å². The van der Waals surface area contributed by atoms with E-state index in [9.17, 15) is 9.59 Å². The van der Waals surface area contributed by atoms with Crippen LogP contribution in [0.15, 0.2) is 0 Å². The second-order valence-corrected chi connectivity index (χ2v) is 3.27.